The standard InChI is InChI=1S/C30H36N8O4S.C8H10ClN/c1-20-32-25(35-30-31-18-23(19-39)43-30)17-26(33-20)38-15-13-37(14-16-38)12-4-2-3-5-27(40)34-22-8-6-21(7-9-22)24-10-11-28(41)36-29(24)42;1-6-4-3-5-7(9)8(6)10-2/h6-9,17-19,24H,2-5,10-16H2,1H3,(H,34,40)(H,36,41,42)(H,31,32,33,35);3-5,10H,1-2H3. The number of halogens is 1. The SMILES string of the molecule is CNc1c(C)cccc1Cl.Cc1nc(Nc2ncc(C=O)s2)cc(N2CCN(CCCCCC(=O)Nc3ccc(C4CCC(=O)NC4=O)cc3)CC2)n1. The third-order valence-electron chi connectivity index (χ3n) is 9.08. The van der Waals surface area contributed by atoms with Crippen LogP contribution in [0.1, 0.15) is 71.1 Å². The lowest BCUT2D eigenvalue weighted by Gasteiger charge is -2.35. The highest BCUT2D eigenvalue weighted by Crippen LogP contribution is 2.27. The minimum atomic E-state index is -0.328. The van der Waals surface area contributed by atoms with Gasteiger partial charge in [0.2, 0.25) is 17.7 Å². The van der Waals surface area contributed by atoms with Crippen LogP contribution in [0.25, 0.3) is 0 Å². The molecule has 53 heavy (non-hydrogen) atoms. The number of carbonyl (C=O) groups excluding carboxylic acids is 4. The van der Waals surface area contributed by atoms with E-state index < -0.39 is 0 Å². The van der Waals surface area contributed by atoms with Crippen molar-refractivity contribution in [1.82, 2.24) is 25.2 Å². The van der Waals surface area contributed by atoms with E-state index in [1.165, 1.54) is 23.1 Å². The molecule has 2 aromatic heterocycles. The van der Waals surface area contributed by atoms with Crippen LogP contribution in [0, 0.1) is 13.8 Å². The summed E-state index contributed by atoms with van der Waals surface area (Å²) >= 11 is 7.15. The molecule has 1 atom stereocenters. The van der Waals surface area contributed by atoms with Crippen molar-refractivity contribution >= 4 is 75.1 Å². The largest absolute Gasteiger partial charge is 0.387 e. The van der Waals surface area contributed by atoms with Gasteiger partial charge in [-0.15, -0.1) is 0 Å². The molecule has 0 saturated carbocycles. The first kappa shape index (κ1) is 39.3. The molecule has 2 aliphatic rings. The molecule has 13 nitrogen and oxygen atoms in total. The summed E-state index contributed by atoms with van der Waals surface area (Å²) in [6.45, 7) is 8.50. The molecule has 4 heterocycles. The Morgan fingerprint density at radius 1 is 1.04 bits per heavy atom. The van der Waals surface area contributed by atoms with E-state index in [9.17, 15) is 19.2 Å². The summed E-state index contributed by atoms with van der Waals surface area (Å²) in [4.78, 5) is 65.4. The van der Waals surface area contributed by atoms with Crippen LogP contribution >= 0.6 is 22.9 Å². The second-order valence-corrected chi connectivity index (χ2v) is 14.4. The smallest absolute Gasteiger partial charge is 0.234 e. The number of hydrogen-bond acceptors (Lipinski definition) is 12. The Kier molecular flexibility index (Phi) is 14.3. The van der Waals surface area contributed by atoms with Crippen molar-refractivity contribution in [3.05, 3.63) is 81.6 Å². The summed E-state index contributed by atoms with van der Waals surface area (Å²) in [5.41, 5.74) is 3.74. The second kappa shape index (κ2) is 19.2. The summed E-state index contributed by atoms with van der Waals surface area (Å²) in [5, 5.41) is 12.9. The lowest BCUT2D eigenvalue weighted by molar-refractivity contribution is -0.134. The number of carbonyl (C=O) groups is 4. The van der Waals surface area contributed by atoms with Gasteiger partial charge in [-0.25, -0.2) is 15.0 Å². The van der Waals surface area contributed by atoms with Crippen LogP contribution in [0.15, 0.2) is 54.7 Å². The average Bonchev–Trinajstić information content (AvgIpc) is 3.60. The molecule has 0 bridgehead atoms. The number of unbranched alkanes of at least 4 members (excludes halogenated alkanes) is 2. The molecule has 280 valence electrons. The van der Waals surface area contributed by atoms with Gasteiger partial charge in [0.1, 0.15) is 17.5 Å². The number of imide groups is 1. The van der Waals surface area contributed by atoms with Crippen LogP contribution in [0.5, 0.6) is 0 Å². The number of nitrogens with one attached hydrogen (secondary N) is 4. The van der Waals surface area contributed by atoms with Crippen molar-refractivity contribution in [2.24, 2.45) is 0 Å². The molecule has 2 aliphatic heterocycles. The Morgan fingerprint density at radius 3 is 2.47 bits per heavy atom. The maximum Gasteiger partial charge on any atom is 0.234 e. The lowest BCUT2D eigenvalue weighted by Crippen LogP contribution is -2.47. The number of aromatic nitrogens is 3. The van der Waals surface area contributed by atoms with Crippen LogP contribution in [0.3, 0.4) is 0 Å². The molecule has 0 spiro atoms. The fraction of sp³-hybridized carbons (Fsp3) is 0.395. The third-order valence-corrected chi connectivity index (χ3v) is 10.2. The number of piperazine rings is 1. The van der Waals surface area contributed by atoms with Gasteiger partial charge in [0.25, 0.3) is 0 Å². The molecule has 4 aromatic rings. The average molecular weight is 760 g/mol. The molecule has 15 heteroatoms. The summed E-state index contributed by atoms with van der Waals surface area (Å²) in [6, 6.07) is 15.1. The molecular weight excluding hydrogens is 714 g/mol. The van der Waals surface area contributed by atoms with Gasteiger partial charge >= 0.3 is 0 Å². The van der Waals surface area contributed by atoms with Gasteiger partial charge in [0, 0.05) is 57.8 Å². The van der Waals surface area contributed by atoms with Crippen molar-refractivity contribution in [2.75, 3.05) is 60.6 Å². The molecule has 4 N–H and O–H groups in total. The normalized spacial score (nSPS) is 15.9. The van der Waals surface area contributed by atoms with Gasteiger partial charge in [-0.05, 0) is 69.0 Å². The van der Waals surface area contributed by atoms with Gasteiger partial charge in [0.15, 0.2) is 11.4 Å². The lowest BCUT2D eigenvalue weighted by atomic mass is 9.90. The van der Waals surface area contributed by atoms with E-state index in [0.29, 0.717) is 46.6 Å². The first-order valence-electron chi connectivity index (χ1n) is 17.8. The van der Waals surface area contributed by atoms with E-state index in [2.05, 4.69) is 46.0 Å². The molecule has 3 amide bonds. The summed E-state index contributed by atoms with van der Waals surface area (Å²) in [6.07, 6.45) is 6.46. The summed E-state index contributed by atoms with van der Waals surface area (Å²) in [7, 11) is 1.87. The topological polar surface area (TPSA) is 162 Å². The number of piperidine rings is 1. The maximum atomic E-state index is 12.4. The highest BCUT2D eigenvalue weighted by Gasteiger charge is 2.27. The quantitative estimate of drug-likeness (QED) is 0.0685. The summed E-state index contributed by atoms with van der Waals surface area (Å²) in [5.74, 6) is 1.36. The van der Waals surface area contributed by atoms with Crippen LogP contribution in [-0.4, -0.2) is 83.6 Å². The van der Waals surface area contributed by atoms with Gasteiger partial charge < -0.3 is 20.9 Å². The number of hydrogen-bond donors (Lipinski definition) is 4. The van der Waals surface area contributed by atoms with Crippen LogP contribution in [0.4, 0.5) is 28.1 Å². The number of amides is 3. The maximum absolute atomic E-state index is 12.4. The van der Waals surface area contributed by atoms with Crippen molar-refractivity contribution in [3.8, 4) is 0 Å². The molecule has 2 fully saturated rings. The van der Waals surface area contributed by atoms with Gasteiger partial charge in [-0.1, -0.05) is 53.6 Å². The predicted molar refractivity (Wildman–Crippen MR) is 211 cm³/mol. The van der Waals surface area contributed by atoms with Crippen molar-refractivity contribution in [2.45, 2.75) is 58.3 Å². The van der Waals surface area contributed by atoms with Gasteiger partial charge in [-0.3, -0.25) is 29.4 Å². The third kappa shape index (κ3) is 11.5. The van der Waals surface area contributed by atoms with Crippen LogP contribution in [0.2, 0.25) is 5.02 Å². The fourth-order valence-electron chi connectivity index (χ4n) is 6.27. The molecule has 0 radical (unpaired) electrons. The Hall–Kier alpha value is -4.92. The van der Waals surface area contributed by atoms with Crippen molar-refractivity contribution in [3.63, 3.8) is 0 Å². The first-order valence-corrected chi connectivity index (χ1v) is 19.0. The minimum absolute atomic E-state index is 0.0181. The number of thiazole rings is 1. The Balaban J connectivity index is 0.000000469. The van der Waals surface area contributed by atoms with Crippen molar-refractivity contribution in [1.29, 1.82) is 0 Å². The zero-order chi connectivity index (χ0) is 37.7. The van der Waals surface area contributed by atoms with E-state index in [1.54, 1.807) is 0 Å². The number of aryl methyl sites for hydroxylation is 2. The monoisotopic (exact) mass is 759 g/mol. The zero-order valence-electron chi connectivity index (χ0n) is 30.3. The minimum Gasteiger partial charge on any atom is -0.387 e. The van der Waals surface area contributed by atoms with Gasteiger partial charge in [0.05, 0.1) is 27.7 Å². The predicted octanol–water partition coefficient (Wildman–Crippen LogP) is 6.33. The highest BCUT2D eigenvalue weighted by molar-refractivity contribution is 7.17. The number of benzene rings is 2. The Bertz CT molecular complexity index is 1860. The highest BCUT2D eigenvalue weighted by atomic mass is 35.5. The molecule has 2 saturated heterocycles. The number of aldehydes is 1. The molecule has 0 aliphatic carbocycles. The zero-order valence-corrected chi connectivity index (χ0v) is 31.9. The van der Waals surface area contributed by atoms with E-state index >= 15 is 0 Å². The molecule has 2 aromatic carbocycles. The number of para-hydroxylation sites is 1. The van der Waals surface area contributed by atoms with Gasteiger partial charge in [-0.2, -0.15) is 0 Å². The summed E-state index contributed by atoms with van der Waals surface area (Å²) < 4.78 is 0. The van der Waals surface area contributed by atoms with Crippen LogP contribution < -0.4 is 26.2 Å². The first-order chi connectivity index (χ1) is 25.6. The number of anilines is 5. The Labute approximate surface area is 318 Å². The van der Waals surface area contributed by atoms with E-state index in [0.717, 1.165) is 80.4 Å². The number of rotatable bonds is 13. The van der Waals surface area contributed by atoms with Crippen LogP contribution in [-0.2, 0) is 14.4 Å². The number of nitrogens with zero attached hydrogens (tertiary/aromatic N) is 5. The fourth-order valence-corrected chi connectivity index (χ4v) is 7.22. The second-order valence-electron chi connectivity index (χ2n) is 13.0. The molecule has 6 rings (SSSR count). The molecule has 1 unspecified atom stereocenters. The van der Waals surface area contributed by atoms with E-state index in [-0.39, 0.29) is 23.6 Å². The Morgan fingerprint density at radius 2 is 1.81 bits per heavy atom. The van der Waals surface area contributed by atoms with E-state index in [1.807, 2.05) is 69.4 Å². The van der Waals surface area contributed by atoms with Crippen molar-refractivity contribution < 1.29 is 19.2 Å². The van der Waals surface area contributed by atoms with E-state index in [4.69, 9.17) is 11.6 Å². The molecular formula is C38H46ClN9O4S.